The predicted molar refractivity (Wildman–Crippen MR) is 127 cm³/mol. The van der Waals surface area contributed by atoms with Gasteiger partial charge in [0.15, 0.2) is 0 Å². The van der Waals surface area contributed by atoms with E-state index in [0.29, 0.717) is 0 Å². The molecular formula is C28H20N2. The van der Waals surface area contributed by atoms with Crippen molar-refractivity contribution < 1.29 is 0 Å². The molecule has 0 unspecified atom stereocenters. The molecule has 0 saturated heterocycles. The summed E-state index contributed by atoms with van der Waals surface area (Å²) in [5.41, 5.74) is 7.10. The summed E-state index contributed by atoms with van der Waals surface area (Å²) in [6, 6.07) is 34.4. The molecule has 30 heavy (non-hydrogen) atoms. The average molecular weight is 384 g/mol. The van der Waals surface area contributed by atoms with E-state index in [1.807, 2.05) is 12.3 Å². The molecule has 0 aliphatic rings. The maximum absolute atomic E-state index is 4.76. The lowest BCUT2D eigenvalue weighted by Gasteiger charge is -2.07. The Balaban J connectivity index is 1.60. The van der Waals surface area contributed by atoms with E-state index in [2.05, 4.69) is 103 Å². The second-order valence-corrected chi connectivity index (χ2v) is 7.78. The van der Waals surface area contributed by atoms with Crippen molar-refractivity contribution in [2.45, 2.75) is 0 Å². The van der Waals surface area contributed by atoms with Crippen LogP contribution in [-0.4, -0.2) is 9.55 Å². The molecular weight excluding hydrogens is 364 g/mol. The third kappa shape index (κ3) is 2.54. The topological polar surface area (TPSA) is 17.8 Å². The number of hydrogen-bond donors (Lipinski definition) is 0. The minimum Gasteiger partial charge on any atom is -0.343 e. The molecule has 0 fully saturated rings. The molecule has 0 N–H and O–H groups in total. The van der Waals surface area contributed by atoms with Crippen molar-refractivity contribution >= 4 is 32.6 Å². The zero-order valence-electron chi connectivity index (χ0n) is 16.7. The van der Waals surface area contributed by atoms with Crippen molar-refractivity contribution in [3.63, 3.8) is 0 Å². The smallest absolute Gasteiger partial charge is 0.0723 e. The summed E-state index contributed by atoms with van der Waals surface area (Å²) < 4.78 is 2.31. The van der Waals surface area contributed by atoms with E-state index in [9.17, 15) is 0 Å². The molecule has 0 bridgehead atoms. The Bertz CT molecular complexity index is 1530. The molecule has 2 nitrogen and oxygen atoms in total. The SMILES string of the molecule is Cn1c2cc(-c3ccccc3)ncc2c2ccc3cc(-c4ccccc4)ccc3c21. The second-order valence-electron chi connectivity index (χ2n) is 7.78. The molecule has 0 aliphatic heterocycles. The van der Waals surface area contributed by atoms with Crippen molar-refractivity contribution in [3.05, 3.63) is 103 Å². The Morgan fingerprint density at radius 2 is 1.30 bits per heavy atom. The number of pyridine rings is 1. The first-order valence-electron chi connectivity index (χ1n) is 10.2. The third-order valence-electron chi connectivity index (χ3n) is 6.04. The van der Waals surface area contributed by atoms with Gasteiger partial charge in [0.1, 0.15) is 0 Å². The van der Waals surface area contributed by atoms with E-state index < -0.39 is 0 Å². The summed E-state index contributed by atoms with van der Waals surface area (Å²) in [5.74, 6) is 0. The normalized spacial score (nSPS) is 11.5. The van der Waals surface area contributed by atoms with Gasteiger partial charge in [-0.1, -0.05) is 84.9 Å². The molecule has 0 atom stereocenters. The van der Waals surface area contributed by atoms with Crippen molar-refractivity contribution in [1.29, 1.82) is 0 Å². The zero-order chi connectivity index (χ0) is 20.1. The van der Waals surface area contributed by atoms with Crippen molar-refractivity contribution in [2.75, 3.05) is 0 Å². The van der Waals surface area contributed by atoms with Crippen LogP contribution in [0.25, 0.3) is 55.0 Å². The highest BCUT2D eigenvalue weighted by Gasteiger charge is 2.13. The number of aromatic nitrogens is 2. The summed E-state index contributed by atoms with van der Waals surface area (Å²) in [7, 11) is 2.16. The van der Waals surface area contributed by atoms with Gasteiger partial charge in [-0.3, -0.25) is 4.98 Å². The Hall–Kier alpha value is -3.91. The van der Waals surface area contributed by atoms with Crippen LogP contribution in [-0.2, 0) is 7.05 Å². The maximum atomic E-state index is 4.76. The second kappa shape index (κ2) is 6.57. The molecule has 0 aliphatic carbocycles. The molecule has 6 rings (SSSR count). The molecule has 0 saturated carbocycles. The lowest BCUT2D eigenvalue weighted by molar-refractivity contribution is 1.02. The molecule has 4 aromatic carbocycles. The maximum Gasteiger partial charge on any atom is 0.0723 e. The molecule has 2 heterocycles. The summed E-state index contributed by atoms with van der Waals surface area (Å²) in [5, 5.41) is 4.97. The van der Waals surface area contributed by atoms with Gasteiger partial charge < -0.3 is 4.57 Å². The van der Waals surface area contributed by atoms with E-state index in [0.717, 1.165) is 11.3 Å². The fourth-order valence-corrected chi connectivity index (χ4v) is 4.52. The molecule has 142 valence electrons. The Labute approximate surface area is 175 Å². The highest BCUT2D eigenvalue weighted by atomic mass is 14.9. The minimum atomic E-state index is 1.00. The Kier molecular flexibility index (Phi) is 3.72. The highest BCUT2D eigenvalue weighted by molar-refractivity contribution is 6.18. The summed E-state index contributed by atoms with van der Waals surface area (Å²) in [4.78, 5) is 4.76. The molecule has 2 heteroatoms. The van der Waals surface area contributed by atoms with Crippen LogP contribution in [0.4, 0.5) is 0 Å². The molecule has 6 aromatic rings. The minimum absolute atomic E-state index is 1.00. The van der Waals surface area contributed by atoms with E-state index in [-0.39, 0.29) is 0 Å². The van der Waals surface area contributed by atoms with Crippen molar-refractivity contribution in [1.82, 2.24) is 9.55 Å². The van der Waals surface area contributed by atoms with Gasteiger partial charge in [0.25, 0.3) is 0 Å². The fraction of sp³-hybridized carbons (Fsp3) is 0.0357. The highest BCUT2D eigenvalue weighted by Crippen LogP contribution is 2.36. The van der Waals surface area contributed by atoms with Gasteiger partial charge in [0.2, 0.25) is 0 Å². The number of aryl methyl sites for hydroxylation is 1. The standard InChI is InChI=1S/C28H20N2/c1-30-27-17-26(20-10-6-3-7-11-20)29-18-25(27)24-15-13-22-16-21(12-14-23(22)28(24)30)19-8-4-2-5-9-19/h2-18H,1H3. The van der Waals surface area contributed by atoms with Crippen LogP contribution >= 0.6 is 0 Å². The van der Waals surface area contributed by atoms with Gasteiger partial charge in [0, 0.05) is 35.0 Å². The van der Waals surface area contributed by atoms with Crippen LogP contribution in [0.5, 0.6) is 0 Å². The first kappa shape index (κ1) is 17.0. The predicted octanol–water partition coefficient (Wildman–Crippen LogP) is 7.21. The van der Waals surface area contributed by atoms with Crippen LogP contribution in [0.1, 0.15) is 0 Å². The molecule has 0 radical (unpaired) electrons. The molecule has 0 amide bonds. The van der Waals surface area contributed by atoms with Gasteiger partial charge in [-0.15, -0.1) is 0 Å². The van der Waals surface area contributed by atoms with Crippen molar-refractivity contribution in [2.24, 2.45) is 7.05 Å². The summed E-state index contributed by atoms with van der Waals surface area (Å²) in [6.45, 7) is 0. The lowest BCUT2D eigenvalue weighted by Crippen LogP contribution is -1.90. The molecule has 0 spiro atoms. The van der Waals surface area contributed by atoms with Crippen LogP contribution in [0, 0.1) is 0 Å². The zero-order valence-corrected chi connectivity index (χ0v) is 16.7. The summed E-state index contributed by atoms with van der Waals surface area (Å²) in [6.07, 6.45) is 2.02. The van der Waals surface area contributed by atoms with E-state index in [4.69, 9.17) is 4.98 Å². The van der Waals surface area contributed by atoms with Gasteiger partial charge in [-0.25, -0.2) is 0 Å². The van der Waals surface area contributed by atoms with E-state index in [1.54, 1.807) is 0 Å². The van der Waals surface area contributed by atoms with Crippen LogP contribution in [0.15, 0.2) is 103 Å². The average Bonchev–Trinajstić information content (AvgIpc) is 3.11. The van der Waals surface area contributed by atoms with Gasteiger partial charge in [0.05, 0.1) is 16.7 Å². The largest absolute Gasteiger partial charge is 0.343 e. The Morgan fingerprint density at radius 1 is 0.600 bits per heavy atom. The lowest BCUT2D eigenvalue weighted by atomic mass is 9.99. The number of benzene rings is 4. The number of hydrogen-bond acceptors (Lipinski definition) is 1. The van der Waals surface area contributed by atoms with Crippen LogP contribution in [0.2, 0.25) is 0 Å². The Morgan fingerprint density at radius 3 is 2.07 bits per heavy atom. The van der Waals surface area contributed by atoms with Crippen molar-refractivity contribution in [3.8, 4) is 22.4 Å². The summed E-state index contributed by atoms with van der Waals surface area (Å²) >= 11 is 0. The van der Waals surface area contributed by atoms with E-state index in [1.165, 1.54) is 43.7 Å². The van der Waals surface area contributed by atoms with Crippen LogP contribution < -0.4 is 0 Å². The third-order valence-corrected chi connectivity index (χ3v) is 6.04. The number of rotatable bonds is 2. The number of nitrogens with zero attached hydrogens (tertiary/aromatic N) is 2. The van der Waals surface area contributed by atoms with Gasteiger partial charge in [-0.05, 0) is 28.6 Å². The quantitative estimate of drug-likeness (QED) is 0.308. The van der Waals surface area contributed by atoms with Gasteiger partial charge in [-0.2, -0.15) is 0 Å². The first-order valence-corrected chi connectivity index (χ1v) is 10.2. The fourth-order valence-electron chi connectivity index (χ4n) is 4.52. The monoisotopic (exact) mass is 384 g/mol. The molecule has 2 aromatic heterocycles. The number of fused-ring (bicyclic) bond motifs is 5. The first-order chi connectivity index (χ1) is 14.8. The van der Waals surface area contributed by atoms with E-state index >= 15 is 0 Å². The van der Waals surface area contributed by atoms with Crippen LogP contribution in [0.3, 0.4) is 0 Å². The van der Waals surface area contributed by atoms with Gasteiger partial charge >= 0.3 is 0 Å².